The monoisotopic (exact) mass is 245 g/mol. The molecule has 0 radical (unpaired) electrons. The van der Waals surface area contributed by atoms with Crippen molar-refractivity contribution in [1.82, 2.24) is 0 Å². The first-order valence-corrected chi connectivity index (χ1v) is 7.66. The van der Waals surface area contributed by atoms with Gasteiger partial charge in [-0.1, -0.05) is 69.7 Å². The van der Waals surface area contributed by atoms with Crippen molar-refractivity contribution in [2.75, 3.05) is 0 Å². The van der Waals surface area contributed by atoms with Gasteiger partial charge in [-0.2, -0.15) is 0 Å². The molecule has 2 unspecified atom stereocenters. The lowest BCUT2D eigenvalue weighted by Crippen LogP contribution is -2.35. The Labute approximate surface area is 112 Å². The van der Waals surface area contributed by atoms with Crippen molar-refractivity contribution in [2.45, 2.75) is 70.3 Å². The maximum Gasteiger partial charge on any atom is 0.0111 e. The molecule has 0 aromatic heterocycles. The molecule has 100 valence electrons. The summed E-state index contributed by atoms with van der Waals surface area (Å²) in [6, 6.07) is 9.15. The average molecular weight is 245 g/mol. The summed E-state index contributed by atoms with van der Waals surface area (Å²) in [5.74, 6) is 0.636. The van der Waals surface area contributed by atoms with Crippen molar-refractivity contribution in [3.8, 4) is 0 Å². The summed E-state index contributed by atoms with van der Waals surface area (Å²) in [5, 5.41) is 0. The highest BCUT2D eigenvalue weighted by atomic mass is 14.7. The van der Waals surface area contributed by atoms with Crippen LogP contribution >= 0.6 is 0 Å². The quantitative estimate of drug-likeness (QED) is 0.675. The number of hydrogen-bond donors (Lipinski definition) is 1. The van der Waals surface area contributed by atoms with E-state index < -0.39 is 0 Å². The highest BCUT2D eigenvalue weighted by Crippen LogP contribution is 2.37. The van der Waals surface area contributed by atoms with E-state index in [1.54, 1.807) is 0 Å². The molecule has 0 aliphatic heterocycles. The Morgan fingerprint density at radius 1 is 1.11 bits per heavy atom. The lowest BCUT2D eigenvalue weighted by atomic mass is 9.72. The minimum Gasteiger partial charge on any atom is -0.327 e. The van der Waals surface area contributed by atoms with Crippen LogP contribution in [0.4, 0.5) is 0 Å². The molecule has 0 heterocycles. The molecule has 1 heteroatoms. The minimum atomic E-state index is 0.381. The predicted molar refractivity (Wildman–Crippen MR) is 78.9 cm³/mol. The van der Waals surface area contributed by atoms with Gasteiger partial charge in [-0.15, -0.1) is 0 Å². The molecule has 1 aromatic carbocycles. The van der Waals surface area contributed by atoms with Crippen LogP contribution in [0.3, 0.4) is 0 Å². The van der Waals surface area contributed by atoms with Crippen LogP contribution in [0.25, 0.3) is 0 Å². The van der Waals surface area contributed by atoms with Gasteiger partial charge >= 0.3 is 0 Å². The maximum atomic E-state index is 6.33. The highest BCUT2D eigenvalue weighted by molar-refractivity contribution is 5.41. The molecule has 0 saturated heterocycles. The standard InChI is InChI=1S/C17H27N/c1-2-3-4-5-6-7-12-17(18)16-13-14-10-8-9-11-15(14)16/h8-11,16-17H,2-7,12-13,18H2,1H3. The molecule has 0 fully saturated rings. The first-order chi connectivity index (χ1) is 8.83. The van der Waals surface area contributed by atoms with Gasteiger partial charge in [-0.25, -0.2) is 0 Å². The van der Waals surface area contributed by atoms with Crippen LogP contribution in [0.2, 0.25) is 0 Å². The van der Waals surface area contributed by atoms with Gasteiger partial charge in [0.25, 0.3) is 0 Å². The van der Waals surface area contributed by atoms with E-state index >= 15 is 0 Å². The number of benzene rings is 1. The van der Waals surface area contributed by atoms with E-state index in [9.17, 15) is 0 Å². The summed E-state index contributed by atoms with van der Waals surface area (Å²) < 4.78 is 0. The number of nitrogens with two attached hydrogens (primary N) is 1. The first-order valence-electron chi connectivity index (χ1n) is 7.66. The second-order valence-corrected chi connectivity index (χ2v) is 5.73. The fourth-order valence-corrected chi connectivity index (χ4v) is 3.04. The Balaban J connectivity index is 1.63. The molecule has 1 nitrogen and oxygen atoms in total. The van der Waals surface area contributed by atoms with Crippen LogP contribution in [0.5, 0.6) is 0 Å². The second-order valence-electron chi connectivity index (χ2n) is 5.73. The highest BCUT2D eigenvalue weighted by Gasteiger charge is 2.29. The van der Waals surface area contributed by atoms with E-state index in [4.69, 9.17) is 5.73 Å². The molecule has 2 atom stereocenters. The van der Waals surface area contributed by atoms with E-state index in [-0.39, 0.29) is 0 Å². The summed E-state index contributed by atoms with van der Waals surface area (Å²) in [5.41, 5.74) is 9.36. The average Bonchev–Trinajstić information content (AvgIpc) is 2.35. The normalized spacial score (nSPS) is 19.1. The van der Waals surface area contributed by atoms with Crippen molar-refractivity contribution in [3.63, 3.8) is 0 Å². The van der Waals surface area contributed by atoms with Gasteiger partial charge in [-0.3, -0.25) is 0 Å². The van der Waals surface area contributed by atoms with Gasteiger partial charge < -0.3 is 5.73 Å². The van der Waals surface area contributed by atoms with Crippen molar-refractivity contribution in [2.24, 2.45) is 5.73 Å². The Kier molecular flexibility index (Phi) is 5.25. The summed E-state index contributed by atoms with van der Waals surface area (Å²) in [7, 11) is 0. The van der Waals surface area contributed by atoms with E-state index in [1.165, 1.54) is 62.5 Å². The Bertz CT molecular complexity index is 358. The lowest BCUT2D eigenvalue weighted by Gasteiger charge is -2.34. The summed E-state index contributed by atoms with van der Waals surface area (Å²) >= 11 is 0. The summed E-state index contributed by atoms with van der Waals surface area (Å²) in [6.07, 6.45) is 10.6. The van der Waals surface area contributed by atoms with Crippen LogP contribution in [0.15, 0.2) is 24.3 Å². The first kappa shape index (κ1) is 13.6. The minimum absolute atomic E-state index is 0.381. The van der Waals surface area contributed by atoms with E-state index in [0.29, 0.717) is 12.0 Å². The van der Waals surface area contributed by atoms with Gasteiger partial charge in [0, 0.05) is 12.0 Å². The smallest absolute Gasteiger partial charge is 0.0111 e. The molecule has 18 heavy (non-hydrogen) atoms. The number of unbranched alkanes of at least 4 members (excludes halogenated alkanes) is 5. The largest absolute Gasteiger partial charge is 0.327 e. The van der Waals surface area contributed by atoms with Gasteiger partial charge in [-0.05, 0) is 24.0 Å². The molecule has 1 aromatic rings. The van der Waals surface area contributed by atoms with Crippen molar-refractivity contribution in [1.29, 1.82) is 0 Å². The zero-order valence-electron chi connectivity index (χ0n) is 11.7. The Morgan fingerprint density at radius 3 is 2.61 bits per heavy atom. The van der Waals surface area contributed by atoms with Gasteiger partial charge in [0.05, 0.1) is 0 Å². The topological polar surface area (TPSA) is 26.0 Å². The van der Waals surface area contributed by atoms with Gasteiger partial charge in [0.15, 0.2) is 0 Å². The molecule has 0 amide bonds. The van der Waals surface area contributed by atoms with Crippen LogP contribution in [0.1, 0.15) is 68.9 Å². The van der Waals surface area contributed by atoms with Crippen LogP contribution < -0.4 is 5.73 Å². The molecule has 0 saturated carbocycles. The van der Waals surface area contributed by atoms with Gasteiger partial charge in [0.2, 0.25) is 0 Å². The summed E-state index contributed by atoms with van der Waals surface area (Å²) in [6.45, 7) is 2.27. The molecule has 1 aliphatic rings. The van der Waals surface area contributed by atoms with Crippen LogP contribution in [-0.4, -0.2) is 6.04 Å². The summed E-state index contributed by atoms with van der Waals surface area (Å²) in [4.78, 5) is 0. The van der Waals surface area contributed by atoms with E-state index in [2.05, 4.69) is 31.2 Å². The predicted octanol–water partition coefficient (Wildman–Crippen LogP) is 4.40. The zero-order chi connectivity index (χ0) is 12.8. The number of rotatable bonds is 8. The molecule has 2 N–H and O–H groups in total. The second kappa shape index (κ2) is 6.94. The lowest BCUT2D eigenvalue weighted by molar-refractivity contribution is 0.436. The molecular weight excluding hydrogens is 218 g/mol. The van der Waals surface area contributed by atoms with E-state index in [1.807, 2.05) is 0 Å². The van der Waals surface area contributed by atoms with Crippen molar-refractivity contribution >= 4 is 0 Å². The third kappa shape index (κ3) is 3.35. The van der Waals surface area contributed by atoms with Gasteiger partial charge in [0.1, 0.15) is 0 Å². The SMILES string of the molecule is CCCCCCCCC(N)C1Cc2ccccc21. The van der Waals surface area contributed by atoms with Crippen molar-refractivity contribution < 1.29 is 0 Å². The Hall–Kier alpha value is -0.820. The zero-order valence-corrected chi connectivity index (χ0v) is 11.7. The van der Waals surface area contributed by atoms with E-state index in [0.717, 1.165) is 0 Å². The Morgan fingerprint density at radius 2 is 1.83 bits per heavy atom. The van der Waals surface area contributed by atoms with Crippen LogP contribution in [0, 0.1) is 0 Å². The fraction of sp³-hybridized carbons (Fsp3) is 0.647. The van der Waals surface area contributed by atoms with Crippen molar-refractivity contribution in [3.05, 3.63) is 35.4 Å². The maximum absolute atomic E-state index is 6.33. The number of hydrogen-bond acceptors (Lipinski definition) is 1. The molecule has 2 rings (SSSR count). The fourth-order valence-electron chi connectivity index (χ4n) is 3.04. The van der Waals surface area contributed by atoms with Crippen LogP contribution in [-0.2, 0) is 6.42 Å². The molecule has 1 aliphatic carbocycles. The molecule has 0 spiro atoms. The third-order valence-corrected chi connectivity index (χ3v) is 4.30. The molecular formula is C17H27N. The third-order valence-electron chi connectivity index (χ3n) is 4.30. The number of fused-ring (bicyclic) bond motifs is 1. The molecule has 0 bridgehead atoms.